The van der Waals surface area contributed by atoms with E-state index in [1.54, 1.807) is 6.07 Å². The summed E-state index contributed by atoms with van der Waals surface area (Å²) in [5, 5.41) is 0. The van der Waals surface area contributed by atoms with Crippen LogP contribution in [0.1, 0.15) is 22.8 Å². The lowest BCUT2D eigenvalue weighted by atomic mass is 10.1. The fraction of sp³-hybridized carbons (Fsp3) is 0.0370. The topological polar surface area (TPSA) is 121 Å². The number of nitrogens with one attached hydrogen (secondary N) is 2. The maximum atomic E-state index is 12.0. The second-order valence-corrected chi connectivity index (χ2v) is 9.82. The Balaban J connectivity index is 1.65. The number of benzene rings is 1. The number of methoxy groups -OCH3 is 1. The number of hydrogen-bond donors (Lipinski definition) is 3. The molecule has 5 heterocycles. The van der Waals surface area contributed by atoms with E-state index >= 15 is 0 Å². The molecule has 1 aromatic carbocycles. The van der Waals surface area contributed by atoms with Gasteiger partial charge in [0.1, 0.15) is 10.6 Å². The second kappa shape index (κ2) is 8.33. The van der Waals surface area contributed by atoms with Gasteiger partial charge in [0.05, 0.1) is 29.9 Å². The van der Waals surface area contributed by atoms with E-state index in [0.717, 1.165) is 50.4 Å². The van der Waals surface area contributed by atoms with Crippen LogP contribution in [0.3, 0.4) is 0 Å². The summed E-state index contributed by atoms with van der Waals surface area (Å²) >= 11 is 0. The van der Waals surface area contributed by atoms with E-state index < -0.39 is 10.1 Å². The minimum atomic E-state index is -4.49. The first-order valence-electron chi connectivity index (χ1n) is 11.1. The molecule has 8 bridgehead atoms. The third kappa shape index (κ3) is 4.21. The van der Waals surface area contributed by atoms with E-state index in [1.807, 2.05) is 66.8 Å². The van der Waals surface area contributed by atoms with Crippen LogP contribution < -0.4 is 4.74 Å². The van der Waals surface area contributed by atoms with E-state index in [9.17, 15) is 13.0 Å². The van der Waals surface area contributed by atoms with Gasteiger partial charge < -0.3 is 14.7 Å². The predicted molar refractivity (Wildman–Crippen MR) is 141 cm³/mol. The van der Waals surface area contributed by atoms with Crippen molar-refractivity contribution >= 4 is 56.5 Å². The molecule has 9 heteroatoms. The molecule has 0 unspecified atom stereocenters. The first-order valence-corrected chi connectivity index (χ1v) is 12.5. The summed E-state index contributed by atoms with van der Waals surface area (Å²) in [7, 11) is -3.14. The highest BCUT2D eigenvalue weighted by Crippen LogP contribution is 2.33. The van der Waals surface area contributed by atoms with Gasteiger partial charge in [-0.1, -0.05) is 6.07 Å². The van der Waals surface area contributed by atoms with Gasteiger partial charge in [0.2, 0.25) is 0 Å². The van der Waals surface area contributed by atoms with Gasteiger partial charge in [-0.3, -0.25) is 4.55 Å². The fourth-order valence-corrected chi connectivity index (χ4v) is 4.98. The predicted octanol–water partition coefficient (Wildman–Crippen LogP) is 5.58. The number of H-pyrrole nitrogens is 2. The third-order valence-electron chi connectivity index (χ3n) is 5.92. The van der Waals surface area contributed by atoms with Gasteiger partial charge in [-0.15, -0.1) is 0 Å². The zero-order chi connectivity index (χ0) is 24.9. The lowest BCUT2D eigenvalue weighted by molar-refractivity contribution is 0.397. The Morgan fingerprint density at radius 2 is 1.31 bits per heavy atom. The fourth-order valence-electron chi connectivity index (χ4n) is 4.30. The van der Waals surface area contributed by atoms with Gasteiger partial charge in [-0.05, 0) is 84.5 Å². The molecule has 0 fully saturated rings. The van der Waals surface area contributed by atoms with Gasteiger partial charge in [0, 0.05) is 27.6 Å². The van der Waals surface area contributed by atoms with Crippen molar-refractivity contribution in [3.05, 3.63) is 83.4 Å². The highest BCUT2D eigenvalue weighted by atomic mass is 32.2. The smallest absolute Gasteiger partial charge is 0.298 e. The standard InChI is InChI=1S/C27H20N4O4S/c1-35-26-9-2-16(10-27(26)36(32,33)34)24-14-23-13-21-6-5-19(29-21)11-17-3-4-18(28-17)12-20-7-8-22(30-20)15-25(24)31-23/h2-15,28,31H,1H3,(H,32,33,34). The average molecular weight is 497 g/mol. The van der Waals surface area contributed by atoms with Gasteiger partial charge in [0.15, 0.2) is 0 Å². The quantitative estimate of drug-likeness (QED) is 0.275. The Hall–Kier alpha value is -4.47. The SMILES string of the molecule is COc1ccc(-c2cc3cc4nc(cc5ccc(cc6nc(cc2[nH]3)C=C6)[nH]5)C=C4)cc1S(=O)(=O)O. The Bertz CT molecular complexity index is 1860. The summed E-state index contributed by atoms with van der Waals surface area (Å²) in [5.74, 6) is 0.0644. The summed E-state index contributed by atoms with van der Waals surface area (Å²) in [4.78, 5) is 15.8. The molecular weight excluding hydrogens is 476 g/mol. The van der Waals surface area contributed by atoms with Gasteiger partial charge in [0.25, 0.3) is 10.1 Å². The minimum Gasteiger partial charge on any atom is -0.495 e. The zero-order valence-corrected chi connectivity index (χ0v) is 19.9. The lowest BCUT2D eigenvalue weighted by Crippen LogP contribution is -2.01. The molecule has 2 aliphatic rings. The number of fused-ring (bicyclic) bond motifs is 8. The zero-order valence-electron chi connectivity index (χ0n) is 19.1. The molecule has 0 atom stereocenters. The number of aromatic nitrogens is 4. The van der Waals surface area contributed by atoms with Crippen LogP contribution in [0.4, 0.5) is 0 Å². The number of nitrogens with zero attached hydrogens (tertiary/aromatic N) is 2. The van der Waals surface area contributed by atoms with Crippen molar-refractivity contribution in [2.45, 2.75) is 4.90 Å². The van der Waals surface area contributed by atoms with E-state index in [-0.39, 0.29) is 10.6 Å². The van der Waals surface area contributed by atoms with Gasteiger partial charge in [-0.2, -0.15) is 8.42 Å². The van der Waals surface area contributed by atoms with E-state index in [1.165, 1.54) is 19.2 Å². The van der Waals surface area contributed by atoms with Crippen LogP contribution in [0.25, 0.3) is 57.5 Å². The first kappa shape index (κ1) is 22.0. The van der Waals surface area contributed by atoms with E-state index in [4.69, 9.17) is 9.72 Å². The van der Waals surface area contributed by atoms with Crippen LogP contribution in [0.5, 0.6) is 5.75 Å². The summed E-state index contributed by atoms with van der Waals surface area (Å²) in [6.07, 6.45) is 7.71. The van der Waals surface area contributed by atoms with Crippen LogP contribution in [-0.2, 0) is 10.1 Å². The van der Waals surface area contributed by atoms with Crippen LogP contribution in [0, 0.1) is 0 Å². The number of hydrogen-bond acceptors (Lipinski definition) is 5. The molecule has 0 saturated carbocycles. The molecule has 3 N–H and O–H groups in total. The van der Waals surface area contributed by atoms with E-state index in [2.05, 4.69) is 15.0 Å². The molecule has 178 valence electrons. The largest absolute Gasteiger partial charge is 0.495 e. The Morgan fingerprint density at radius 3 is 1.89 bits per heavy atom. The lowest BCUT2D eigenvalue weighted by Gasteiger charge is -2.08. The molecule has 8 nitrogen and oxygen atoms in total. The number of ether oxygens (including phenoxy) is 1. The number of aromatic amines is 2. The average Bonchev–Trinajstić information content (AvgIpc) is 3.63. The molecule has 0 aliphatic carbocycles. The molecule has 0 spiro atoms. The van der Waals surface area contributed by atoms with Crippen LogP contribution >= 0.6 is 0 Å². The van der Waals surface area contributed by atoms with E-state index in [0.29, 0.717) is 5.56 Å². The minimum absolute atomic E-state index is 0.0644. The second-order valence-electron chi connectivity index (χ2n) is 8.43. The Morgan fingerprint density at radius 1 is 0.722 bits per heavy atom. The maximum Gasteiger partial charge on any atom is 0.298 e. The molecule has 2 aliphatic heterocycles. The summed E-state index contributed by atoms with van der Waals surface area (Å²) in [6, 6.07) is 18.3. The molecule has 0 saturated heterocycles. The van der Waals surface area contributed by atoms with Crippen molar-refractivity contribution < 1.29 is 17.7 Å². The van der Waals surface area contributed by atoms with Crippen molar-refractivity contribution in [2.24, 2.45) is 0 Å². The molecular formula is C27H20N4O4S. The van der Waals surface area contributed by atoms with Crippen LogP contribution in [-0.4, -0.2) is 40.0 Å². The van der Waals surface area contributed by atoms with Crippen molar-refractivity contribution in [3.63, 3.8) is 0 Å². The Labute approximate surface area is 206 Å². The number of rotatable bonds is 3. The monoisotopic (exact) mass is 496 g/mol. The normalized spacial score (nSPS) is 12.7. The van der Waals surface area contributed by atoms with Crippen LogP contribution in [0.2, 0.25) is 0 Å². The highest BCUT2D eigenvalue weighted by molar-refractivity contribution is 7.86. The molecule has 0 radical (unpaired) electrons. The van der Waals surface area contributed by atoms with Crippen molar-refractivity contribution in [3.8, 4) is 16.9 Å². The Kier molecular flexibility index (Phi) is 5.10. The summed E-state index contributed by atoms with van der Waals surface area (Å²) in [6.45, 7) is 0. The van der Waals surface area contributed by atoms with Gasteiger partial charge >= 0.3 is 0 Å². The van der Waals surface area contributed by atoms with Crippen molar-refractivity contribution in [2.75, 3.05) is 7.11 Å². The van der Waals surface area contributed by atoms with Crippen LogP contribution in [0.15, 0.2) is 65.6 Å². The third-order valence-corrected chi connectivity index (χ3v) is 6.80. The summed E-state index contributed by atoms with van der Waals surface area (Å²) in [5.41, 5.74) is 7.82. The maximum absolute atomic E-state index is 12.0. The van der Waals surface area contributed by atoms with Crippen molar-refractivity contribution in [1.82, 2.24) is 19.9 Å². The first-order chi connectivity index (χ1) is 17.3. The highest BCUT2D eigenvalue weighted by Gasteiger charge is 2.18. The van der Waals surface area contributed by atoms with Gasteiger partial charge in [-0.25, -0.2) is 9.97 Å². The van der Waals surface area contributed by atoms with Crippen molar-refractivity contribution in [1.29, 1.82) is 0 Å². The molecule has 6 rings (SSSR count). The molecule has 36 heavy (non-hydrogen) atoms. The molecule has 3 aromatic heterocycles. The molecule has 4 aromatic rings. The molecule has 0 amide bonds. The summed E-state index contributed by atoms with van der Waals surface area (Å²) < 4.78 is 38.9.